The highest BCUT2D eigenvalue weighted by atomic mass is 35.5. The topological polar surface area (TPSA) is 80.7 Å². The molecule has 1 unspecified atom stereocenters. The van der Waals surface area contributed by atoms with Gasteiger partial charge in [0.2, 0.25) is 0 Å². The van der Waals surface area contributed by atoms with Gasteiger partial charge in [-0.05, 0) is 39.8 Å². The highest BCUT2D eigenvalue weighted by molar-refractivity contribution is 6.30. The first-order valence-corrected chi connectivity index (χ1v) is 8.03. The number of ether oxygens (including phenoxy) is 2. The number of aliphatic hydroxyl groups is 1. The maximum atomic E-state index is 12.5. The Morgan fingerprint density at radius 1 is 1.57 bits per heavy atom. The van der Waals surface area contributed by atoms with E-state index in [0.29, 0.717) is 17.9 Å². The minimum absolute atomic E-state index is 0.0260. The molecule has 1 aromatic rings. The lowest BCUT2D eigenvalue weighted by atomic mass is 10.0. The number of pyridine rings is 1. The number of hydrogen-bond donors (Lipinski definition) is 2. The molecule has 0 aliphatic carbocycles. The Balaban J connectivity index is 2.18. The number of nitrogens with one attached hydrogen (secondary N) is 1. The average Bonchev–Trinajstić information content (AvgIpc) is 2.98. The van der Waals surface area contributed by atoms with Crippen LogP contribution in [-0.4, -0.2) is 40.9 Å². The van der Waals surface area contributed by atoms with Crippen molar-refractivity contribution < 1.29 is 19.4 Å². The standard InChI is InChI=1S/C16H23ClN2O4/c1-16(2,3)23-15(21)13(10-4-5-18-7-10)22-12-6-11(9-20)14(17)19-8-12/h6,8,10,13,18,20H,4-5,7,9H2,1-3H3/t10-,13?/m1/s1. The fraction of sp³-hybridized carbons (Fsp3) is 0.625. The second kappa shape index (κ2) is 7.47. The molecule has 7 heteroatoms. The SMILES string of the molecule is CC(C)(C)OC(=O)C(Oc1cnc(Cl)c(CO)c1)[C@@H]1CCNC1. The number of halogens is 1. The van der Waals surface area contributed by atoms with Crippen molar-refractivity contribution in [2.45, 2.75) is 45.5 Å². The Kier molecular flexibility index (Phi) is 5.84. The summed E-state index contributed by atoms with van der Waals surface area (Å²) in [5.74, 6) is 0.0195. The monoisotopic (exact) mass is 342 g/mol. The summed E-state index contributed by atoms with van der Waals surface area (Å²) >= 11 is 5.88. The van der Waals surface area contributed by atoms with Crippen molar-refractivity contribution >= 4 is 17.6 Å². The lowest BCUT2D eigenvalue weighted by Gasteiger charge is -2.27. The smallest absolute Gasteiger partial charge is 0.348 e. The summed E-state index contributed by atoms with van der Waals surface area (Å²) in [5.41, 5.74) is -0.129. The van der Waals surface area contributed by atoms with Crippen LogP contribution in [0.15, 0.2) is 12.3 Å². The first kappa shape index (κ1) is 18.0. The Bertz CT molecular complexity index is 554. The maximum absolute atomic E-state index is 12.5. The van der Waals surface area contributed by atoms with Crippen molar-refractivity contribution in [3.05, 3.63) is 23.0 Å². The normalized spacial score (nSPS) is 19.4. The van der Waals surface area contributed by atoms with Crippen LogP contribution in [0.1, 0.15) is 32.8 Å². The van der Waals surface area contributed by atoms with E-state index >= 15 is 0 Å². The fourth-order valence-electron chi connectivity index (χ4n) is 2.43. The van der Waals surface area contributed by atoms with E-state index in [4.69, 9.17) is 21.1 Å². The summed E-state index contributed by atoms with van der Waals surface area (Å²) in [6.07, 6.45) is 1.55. The second-order valence-corrected chi connectivity index (χ2v) is 6.96. The first-order valence-electron chi connectivity index (χ1n) is 7.65. The number of esters is 1. The van der Waals surface area contributed by atoms with E-state index in [1.807, 2.05) is 20.8 Å². The highest BCUT2D eigenvalue weighted by Crippen LogP contribution is 2.25. The summed E-state index contributed by atoms with van der Waals surface area (Å²) in [6, 6.07) is 1.59. The molecule has 0 radical (unpaired) electrons. The molecule has 2 heterocycles. The average molecular weight is 343 g/mol. The zero-order valence-electron chi connectivity index (χ0n) is 13.6. The molecule has 23 heavy (non-hydrogen) atoms. The van der Waals surface area contributed by atoms with Gasteiger partial charge in [-0.3, -0.25) is 0 Å². The van der Waals surface area contributed by atoms with Crippen LogP contribution in [0.5, 0.6) is 5.75 Å². The molecule has 0 bridgehead atoms. The third-order valence-corrected chi connectivity index (χ3v) is 3.83. The van der Waals surface area contributed by atoms with Crippen LogP contribution in [0.3, 0.4) is 0 Å². The van der Waals surface area contributed by atoms with Crippen LogP contribution in [0.25, 0.3) is 0 Å². The number of carbonyl (C=O) groups excluding carboxylic acids is 1. The Morgan fingerprint density at radius 2 is 2.30 bits per heavy atom. The zero-order valence-corrected chi connectivity index (χ0v) is 14.4. The number of nitrogens with zero attached hydrogens (tertiary/aromatic N) is 1. The van der Waals surface area contributed by atoms with Crippen LogP contribution in [0.2, 0.25) is 5.15 Å². The molecule has 0 spiro atoms. The summed E-state index contributed by atoms with van der Waals surface area (Å²) in [6.45, 7) is 6.75. The van der Waals surface area contributed by atoms with E-state index < -0.39 is 17.7 Å². The van der Waals surface area contributed by atoms with Crippen LogP contribution >= 0.6 is 11.6 Å². The molecule has 0 amide bonds. The Labute approximate surface area is 141 Å². The summed E-state index contributed by atoms with van der Waals surface area (Å²) in [7, 11) is 0. The quantitative estimate of drug-likeness (QED) is 0.628. The van der Waals surface area contributed by atoms with Crippen LogP contribution in [0, 0.1) is 5.92 Å². The van der Waals surface area contributed by atoms with E-state index in [9.17, 15) is 9.90 Å². The fourth-order valence-corrected chi connectivity index (χ4v) is 2.59. The number of aromatic nitrogens is 1. The van der Waals surface area contributed by atoms with Crippen LogP contribution < -0.4 is 10.1 Å². The van der Waals surface area contributed by atoms with E-state index in [1.54, 1.807) is 6.07 Å². The predicted molar refractivity (Wildman–Crippen MR) is 86.4 cm³/mol. The number of hydrogen-bond acceptors (Lipinski definition) is 6. The van der Waals surface area contributed by atoms with Gasteiger partial charge in [0.1, 0.15) is 16.5 Å². The summed E-state index contributed by atoms with van der Waals surface area (Å²) in [4.78, 5) is 16.5. The molecule has 1 saturated heterocycles. The molecule has 1 fully saturated rings. The van der Waals surface area contributed by atoms with Gasteiger partial charge in [0.15, 0.2) is 6.10 Å². The maximum Gasteiger partial charge on any atom is 0.348 e. The van der Waals surface area contributed by atoms with Crippen molar-refractivity contribution in [1.29, 1.82) is 0 Å². The number of rotatable bonds is 5. The van der Waals surface area contributed by atoms with Gasteiger partial charge >= 0.3 is 5.97 Å². The van der Waals surface area contributed by atoms with Crippen LogP contribution in [0.4, 0.5) is 0 Å². The van der Waals surface area contributed by atoms with Gasteiger partial charge in [0.25, 0.3) is 0 Å². The minimum atomic E-state index is -0.723. The van der Waals surface area contributed by atoms with Crippen LogP contribution in [-0.2, 0) is 16.1 Å². The molecule has 1 aromatic heterocycles. The highest BCUT2D eigenvalue weighted by Gasteiger charge is 2.36. The third kappa shape index (κ3) is 5.06. The van der Waals surface area contributed by atoms with Gasteiger partial charge in [-0.1, -0.05) is 11.6 Å². The third-order valence-electron chi connectivity index (χ3n) is 3.49. The van der Waals surface area contributed by atoms with Crippen molar-refractivity contribution in [2.24, 2.45) is 5.92 Å². The van der Waals surface area contributed by atoms with Crippen molar-refractivity contribution in [3.63, 3.8) is 0 Å². The molecule has 6 nitrogen and oxygen atoms in total. The molecular weight excluding hydrogens is 320 g/mol. The predicted octanol–water partition coefficient (Wildman–Crippen LogP) is 1.93. The molecular formula is C16H23ClN2O4. The molecule has 2 atom stereocenters. The van der Waals surface area contributed by atoms with Gasteiger partial charge in [0.05, 0.1) is 12.8 Å². The zero-order chi connectivity index (χ0) is 17.0. The van der Waals surface area contributed by atoms with Gasteiger partial charge in [-0.15, -0.1) is 0 Å². The molecule has 2 rings (SSSR count). The van der Waals surface area contributed by atoms with Crippen molar-refractivity contribution in [1.82, 2.24) is 10.3 Å². The van der Waals surface area contributed by atoms with Gasteiger partial charge in [-0.25, -0.2) is 9.78 Å². The molecule has 128 valence electrons. The van der Waals surface area contributed by atoms with Gasteiger partial charge in [0, 0.05) is 18.0 Å². The van der Waals surface area contributed by atoms with E-state index in [2.05, 4.69) is 10.3 Å². The summed E-state index contributed by atoms with van der Waals surface area (Å²) < 4.78 is 11.3. The molecule has 0 aromatic carbocycles. The number of aliphatic hydroxyl groups excluding tert-OH is 1. The van der Waals surface area contributed by atoms with Crippen molar-refractivity contribution in [2.75, 3.05) is 13.1 Å². The largest absolute Gasteiger partial charge is 0.477 e. The van der Waals surface area contributed by atoms with E-state index in [-0.39, 0.29) is 17.7 Å². The molecule has 1 aliphatic rings. The lowest BCUT2D eigenvalue weighted by molar-refractivity contribution is -0.165. The Hall–Kier alpha value is -1.37. The number of carbonyl (C=O) groups is 1. The Morgan fingerprint density at radius 3 is 2.87 bits per heavy atom. The molecule has 1 aliphatic heterocycles. The summed E-state index contributed by atoms with van der Waals surface area (Å²) in [5, 5.41) is 12.7. The molecule has 0 saturated carbocycles. The van der Waals surface area contributed by atoms with E-state index in [0.717, 1.165) is 13.0 Å². The molecule has 2 N–H and O–H groups in total. The van der Waals surface area contributed by atoms with Gasteiger partial charge < -0.3 is 19.9 Å². The van der Waals surface area contributed by atoms with Gasteiger partial charge in [-0.2, -0.15) is 0 Å². The van der Waals surface area contributed by atoms with Crippen molar-refractivity contribution in [3.8, 4) is 5.75 Å². The minimum Gasteiger partial charge on any atom is -0.477 e. The second-order valence-electron chi connectivity index (χ2n) is 6.60. The van der Waals surface area contributed by atoms with E-state index in [1.165, 1.54) is 6.20 Å². The lowest BCUT2D eigenvalue weighted by Crippen LogP contribution is -2.41. The first-order chi connectivity index (χ1) is 10.8.